The van der Waals surface area contributed by atoms with Crippen molar-refractivity contribution < 1.29 is 13.6 Å². The second-order valence-electron chi connectivity index (χ2n) is 7.30. The van der Waals surface area contributed by atoms with Crippen LogP contribution in [0.3, 0.4) is 0 Å². The predicted molar refractivity (Wildman–Crippen MR) is 108 cm³/mol. The Hall–Kier alpha value is -3.22. The number of aromatic nitrogens is 2. The van der Waals surface area contributed by atoms with Crippen LogP contribution in [-0.2, 0) is 4.79 Å². The van der Waals surface area contributed by atoms with E-state index in [1.54, 1.807) is 12.1 Å². The number of carbonyl (C=O) groups excluding carboxylic acids is 1. The lowest BCUT2D eigenvalue weighted by molar-refractivity contribution is -0.126. The number of rotatable bonds is 5. The van der Waals surface area contributed by atoms with E-state index in [0.717, 1.165) is 11.1 Å². The van der Waals surface area contributed by atoms with E-state index in [1.807, 2.05) is 42.2 Å². The van der Waals surface area contributed by atoms with Crippen molar-refractivity contribution in [3.8, 4) is 11.5 Å². The molecule has 2 aromatic carbocycles. The highest BCUT2D eigenvalue weighted by Gasteiger charge is 2.28. The van der Waals surface area contributed by atoms with Crippen LogP contribution in [0, 0.1) is 11.7 Å². The van der Waals surface area contributed by atoms with E-state index in [4.69, 9.17) is 4.42 Å². The molecule has 1 saturated heterocycles. The molecule has 0 saturated carbocycles. The Labute approximate surface area is 168 Å². The molecule has 6 nitrogen and oxygen atoms in total. The summed E-state index contributed by atoms with van der Waals surface area (Å²) in [6.45, 7) is 3.27. The first-order chi connectivity index (χ1) is 14.1. The summed E-state index contributed by atoms with van der Waals surface area (Å²) in [4.78, 5) is 14.6. The van der Waals surface area contributed by atoms with Gasteiger partial charge in [0.15, 0.2) is 0 Å². The second kappa shape index (κ2) is 8.43. The van der Waals surface area contributed by atoms with Gasteiger partial charge in [0, 0.05) is 24.6 Å². The molecule has 2 heterocycles. The molecule has 0 unspecified atom stereocenters. The van der Waals surface area contributed by atoms with Gasteiger partial charge in [-0.25, -0.2) is 4.39 Å². The first kappa shape index (κ1) is 19.1. The Bertz CT molecular complexity index is 950. The third kappa shape index (κ3) is 4.45. The summed E-state index contributed by atoms with van der Waals surface area (Å²) in [6, 6.07) is 16.2. The fourth-order valence-corrected chi connectivity index (χ4v) is 3.54. The lowest BCUT2D eigenvalue weighted by Gasteiger charge is -2.30. The van der Waals surface area contributed by atoms with Gasteiger partial charge in [-0.3, -0.25) is 4.79 Å². The molecule has 1 atom stereocenters. The Morgan fingerprint density at radius 1 is 1.10 bits per heavy atom. The van der Waals surface area contributed by atoms with Crippen molar-refractivity contribution in [1.29, 1.82) is 0 Å². The van der Waals surface area contributed by atoms with E-state index >= 15 is 0 Å². The van der Waals surface area contributed by atoms with Crippen molar-refractivity contribution in [3.63, 3.8) is 0 Å². The van der Waals surface area contributed by atoms with Crippen LogP contribution >= 0.6 is 0 Å². The molecule has 29 heavy (non-hydrogen) atoms. The summed E-state index contributed by atoms with van der Waals surface area (Å²) in [5.74, 6) is 0.173. The van der Waals surface area contributed by atoms with Crippen molar-refractivity contribution >= 4 is 11.9 Å². The topological polar surface area (TPSA) is 71.3 Å². The maximum atomic E-state index is 13.1. The van der Waals surface area contributed by atoms with E-state index in [-0.39, 0.29) is 23.7 Å². The molecule has 1 N–H and O–H groups in total. The van der Waals surface area contributed by atoms with Crippen molar-refractivity contribution in [2.45, 2.75) is 25.8 Å². The zero-order chi connectivity index (χ0) is 20.2. The minimum Gasteiger partial charge on any atom is -0.403 e. The third-order valence-electron chi connectivity index (χ3n) is 5.30. The number of carbonyl (C=O) groups is 1. The van der Waals surface area contributed by atoms with Gasteiger partial charge in [-0.1, -0.05) is 35.4 Å². The number of nitrogens with zero attached hydrogens (tertiary/aromatic N) is 3. The fraction of sp³-hybridized carbons (Fsp3) is 0.318. The number of piperidine rings is 1. The van der Waals surface area contributed by atoms with Gasteiger partial charge in [-0.2, -0.15) is 0 Å². The molecule has 0 radical (unpaired) electrons. The summed E-state index contributed by atoms with van der Waals surface area (Å²) < 4.78 is 18.9. The fourth-order valence-electron chi connectivity index (χ4n) is 3.54. The zero-order valence-electron chi connectivity index (χ0n) is 16.2. The van der Waals surface area contributed by atoms with Crippen LogP contribution in [0.15, 0.2) is 59.0 Å². The first-order valence-electron chi connectivity index (χ1n) is 9.80. The van der Waals surface area contributed by atoms with Crippen molar-refractivity contribution in [2.24, 2.45) is 5.92 Å². The van der Waals surface area contributed by atoms with E-state index in [0.29, 0.717) is 37.8 Å². The van der Waals surface area contributed by atoms with Gasteiger partial charge in [0.2, 0.25) is 11.8 Å². The van der Waals surface area contributed by atoms with Crippen LogP contribution in [0.1, 0.15) is 31.4 Å². The molecule has 0 aliphatic carbocycles. The molecule has 1 aliphatic heterocycles. The number of halogens is 1. The molecule has 3 aromatic rings. The van der Waals surface area contributed by atoms with Gasteiger partial charge in [-0.05, 0) is 49.6 Å². The lowest BCUT2D eigenvalue weighted by Crippen LogP contribution is -2.41. The number of amides is 1. The molecule has 4 rings (SSSR count). The highest BCUT2D eigenvalue weighted by atomic mass is 19.1. The first-order valence-corrected chi connectivity index (χ1v) is 9.80. The van der Waals surface area contributed by atoms with Gasteiger partial charge >= 0.3 is 6.01 Å². The summed E-state index contributed by atoms with van der Waals surface area (Å²) in [7, 11) is 0. The molecule has 0 spiro atoms. The molecule has 1 amide bonds. The normalized spacial score (nSPS) is 15.9. The summed E-state index contributed by atoms with van der Waals surface area (Å²) in [6.07, 6.45) is 1.43. The smallest absolute Gasteiger partial charge is 0.318 e. The van der Waals surface area contributed by atoms with Crippen LogP contribution in [0.2, 0.25) is 0 Å². The second-order valence-corrected chi connectivity index (χ2v) is 7.30. The van der Waals surface area contributed by atoms with Gasteiger partial charge in [0.25, 0.3) is 0 Å². The monoisotopic (exact) mass is 394 g/mol. The van der Waals surface area contributed by atoms with Crippen molar-refractivity contribution in [2.75, 3.05) is 18.0 Å². The van der Waals surface area contributed by atoms with E-state index in [2.05, 4.69) is 15.5 Å². The van der Waals surface area contributed by atoms with Crippen LogP contribution in [0.5, 0.6) is 0 Å². The third-order valence-corrected chi connectivity index (χ3v) is 5.30. The molecule has 1 fully saturated rings. The molecule has 1 aliphatic rings. The van der Waals surface area contributed by atoms with Crippen molar-refractivity contribution in [1.82, 2.24) is 15.5 Å². The highest BCUT2D eigenvalue weighted by molar-refractivity contribution is 5.79. The molecule has 7 heteroatoms. The van der Waals surface area contributed by atoms with Crippen LogP contribution in [-0.4, -0.2) is 29.2 Å². The Morgan fingerprint density at radius 2 is 1.79 bits per heavy atom. The zero-order valence-corrected chi connectivity index (χ0v) is 16.2. The number of nitrogens with one attached hydrogen (secondary N) is 1. The van der Waals surface area contributed by atoms with E-state index < -0.39 is 0 Å². The molecule has 1 aromatic heterocycles. The van der Waals surface area contributed by atoms with Gasteiger partial charge in [-0.15, -0.1) is 5.10 Å². The van der Waals surface area contributed by atoms with Crippen molar-refractivity contribution in [3.05, 3.63) is 66.0 Å². The lowest BCUT2D eigenvalue weighted by atomic mass is 9.95. The van der Waals surface area contributed by atoms with E-state index in [9.17, 15) is 9.18 Å². The number of benzene rings is 2. The standard InChI is InChI=1S/C22H23FN4O2/c1-15(16-7-9-19(23)10-8-16)24-20(28)17-11-13-27(14-12-17)22-26-25-21(29-22)18-5-3-2-4-6-18/h2-10,15,17H,11-14H2,1H3,(H,24,28)/t15-/m0/s1. The Kier molecular flexibility index (Phi) is 5.55. The van der Waals surface area contributed by atoms with Crippen LogP contribution in [0.25, 0.3) is 11.5 Å². The summed E-state index contributed by atoms with van der Waals surface area (Å²) in [5.41, 5.74) is 1.77. The number of anilines is 1. The van der Waals surface area contributed by atoms with Crippen LogP contribution < -0.4 is 10.2 Å². The molecular formula is C22H23FN4O2. The SMILES string of the molecule is C[C@H](NC(=O)C1CCN(c2nnc(-c3ccccc3)o2)CC1)c1ccc(F)cc1. The highest BCUT2D eigenvalue weighted by Crippen LogP contribution is 2.26. The minimum absolute atomic E-state index is 0.0250. The molecule has 0 bridgehead atoms. The summed E-state index contributed by atoms with van der Waals surface area (Å²) in [5, 5.41) is 11.3. The Balaban J connectivity index is 1.31. The number of hydrogen-bond acceptors (Lipinski definition) is 5. The number of hydrogen-bond donors (Lipinski definition) is 1. The summed E-state index contributed by atoms with van der Waals surface area (Å²) >= 11 is 0. The van der Waals surface area contributed by atoms with Gasteiger partial charge in [0.1, 0.15) is 5.82 Å². The van der Waals surface area contributed by atoms with Gasteiger partial charge < -0.3 is 14.6 Å². The van der Waals surface area contributed by atoms with Crippen LogP contribution in [0.4, 0.5) is 10.4 Å². The predicted octanol–water partition coefficient (Wildman–Crippen LogP) is 3.97. The quantitative estimate of drug-likeness (QED) is 0.709. The largest absolute Gasteiger partial charge is 0.403 e. The molecular weight excluding hydrogens is 371 g/mol. The minimum atomic E-state index is -0.281. The molecule has 150 valence electrons. The maximum absolute atomic E-state index is 13.1. The maximum Gasteiger partial charge on any atom is 0.318 e. The van der Waals surface area contributed by atoms with E-state index in [1.165, 1.54) is 12.1 Å². The van der Waals surface area contributed by atoms with Gasteiger partial charge in [0.05, 0.1) is 6.04 Å². The average Bonchev–Trinajstić information content (AvgIpc) is 3.25. The Morgan fingerprint density at radius 3 is 2.48 bits per heavy atom. The average molecular weight is 394 g/mol.